The summed E-state index contributed by atoms with van der Waals surface area (Å²) >= 11 is 0. The van der Waals surface area contributed by atoms with Gasteiger partial charge in [0.2, 0.25) is 17.7 Å². The lowest BCUT2D eigenvalue weighted by Gasteiger charge is -2.22. The number of nitrogens with zero attached hydrogens (tertiary/aromatic N) is 3. The fourth-order valence-electron chi connectivity index (χ4n) is 2.31. The van der Waals surface area contributed by atoms with Gasteiger partial charge in [0.05, 0.1) is 0 Å². The molecule has 8 nitrogen and oxygen atoms in total. The average Bonchev–Trinajstić information content (AvgIpc) is 2.92. The normalized spacial score (nSPS) is 22.5. The van der Waals surface area contributed by atoms with Crippen LogP contribution in [0.25, 0.3) is 0 Å². The Kier molecular flexibility index (Phi) is 2.84. The molecule has 1 aliphatic carbocycles. The first kappa shape index (κ1) is 11.9. The smallest absolute Gasteiger partial charge is 0.291 e. The molecule has 2 amide bonds. The molecule has 0 spiro atoms. The van der Waals surface area contributed by atoms with Crippen LogP contribution in [0.3, 0.4) is 0 Å². The maximum absolute atomic E-state index is 12.2. The van der Waals surface area contributed by atoms with Crippen LogP contribution in [0.2, 0.25) is 0 Å². The number of nitrogen functional groups attached to an aromatic ring is 1. The lowest BCUT2D eigenvalue weighted by Crippen LogP contribution is -2.46. The molecule has 1 aromatic heterocycles. The summed E-state index contributed by atoms with van der Waals surface area (Å²) in [6, 6.07) is -0.106. The predicted octanol–water partition coefficient (Wildman–Crippen LogP) is -0.730. The average molecular weight is 264 g/mol. The number of anilines is 1. The first-order chi connectivity index (χ1) is 9.15. The Bertz CT molecular complexity index is 509. The fourth-order valence-corrected chi connectivity index (χ4v) is 2.31. The standard InChI is InChI=1S/C11H16N6O2/c12-11-14-8(15-16-11)10(19)17-5-1-2-7(17)9(18)13-6-3-4-6/h6-7H,1-5H2,(H,13,18)(H3,12,14,15,16). The van der Waals surface area contributed by atoms with E-state index in [0.29, 0.717) is 19.0 Å². The van der Waals surface area contributed by atoms with Gasteiger partial charge in [0, 0.05) is 12.6 Å². The molecule has 1 atom stereocenters. The van der Waals surface area contributed by atoms with E-state index in [4.69, 9.17) is 5.73 Å². The third kappa shape index (κ3) is 2.38. The molecule has 0 radical (unpaired) electrons. The lowest BCUT2D eigenvalue weighted by atomic mass is 10.2. The summed E-state index contributed by atoms with van der Waals surface area (Å²) in [7, 11) is 0. The minimum absolute atomic E-state index is 0.0292. The van der Waals surface area contributed by atoms with Crippen molar-refractivity contribution < 1.29 is 9.59 Å². The molecule has 1 unspecified atom stereocenters. The van der Waals surface area contributed by atoms with Crippen LogP contribution >= 0.6 is 0 Å². The largest absolute Gasteiger partial charge is 0.366 e. The van der Waals surface area contributed by atoms with E-state index in [2.05, 4.69) is 20.5 Å². The van der Waals surface area contributed by atoms with Gasteiger partial charge >= 0.3 is 0 Å². The first-order valence-corrected chi connectivity index (χ1v) is 6.44. The number of nitrogens with one attached hydrogen (secondary N) is 2. The van der Waals surface area contributed by atoms with Crippen molar-refractivity contribution in [2.24, 2.45) is 0 Å². The molecule has 19 heavy (non-hydrogen) atoms. The molecule has 8 heteroatoms. The second-order valence-electron chi connectivity index (χ2n) is 4.98. The molecule has 0 bridgehead atoms. The second-order valence-corrected chi connectivity index (χ2v) is 4.98. The van der Waals surface area contributed by atoms with E-state index in [1.165, 1.54) is 4.90 Å². The van der Waals surface area contributed by atoms with Crippen molar-refractivity contribution in [3.8, 4) is 0 Å². The third-order valence-corrected chi connectivity index (χ3v) is 3.45. The number of carbonyl (C=O) groups is 2. The van der Waals surface area contributed by atoms with Crippen LogP contribution in [-0.4, -0.2) is 50.5 Å². The van der Waals surface area contributed by atoms with Crippen molar-refractivity contribution in [1.82, 2.24) is 25.4 Å². The Hall–Kier alpha value is -2.12. The highest BCUT2D eigenvalue weighted by Gasteiger charge is 2.37. The number of likely N-dealkylation sites (tertiary alicyclic amines) is 1. The molecule has 2 heterocycles. The van der Waals surface area contributed by atoms with Crippen LogP contribution in [0, 0.1) is 0 Å². The van der Waals surface area contributed by atoms with Gasteiger partial charge in [-0.15, -0.1) is 5.10 Å². The molecular formula is C11H16N6O2. The van der Waals surface area contributed by atoms with E-state index < -0.39 is 6.04 Å². The molecule has 1 saturated carbocycles. The van der Waals surface area contributed by atoms with E-state index in [9.17, 15) is 9.59 Å². The first-order valence-electron chi connectivity index (χ1n) is 6.44. The van der Waals surface area contributed by atoms with E-state index in [-0.39, 0.29) is 23.6 Å². The summed E-state index contributed by atoms with van der Waals surface area (Å²) in [5.41, 5.74) is 5.38. The van der Waals surface area contributed by atoms with Gasteiger partial charge in [-0.2, -0.15) is 4.98 Å². The van der Waals surface area contributed by atoms with Crippen molar-refractivity contribution in [2.45, 2.75) is 37.8 Å². The van der Waals surface area contributed by atoms with Gasteiger partial charge in [-0.1, -0.05) is 0 Å². The molecule has 3 rings (SSSR count). The molecule has 1 aromatic rings. The Morgan fingerprint density at radius 3 is 2.79 bits per heavy atom. The minimum Gasteiger partial charge on any atom is -0.366 e. The molecule has 1 saturated heterocycles. The van der Waals surface area contributed by atoms with Gasteiger partial charge in [0.15, 0.2) is 0 Å². The lowest BCUT2D eigenvalue weighted by molar-refractivity contribution is -0.125. The quantitative estimate of drug-likeness (QED) is 0.665. The van der Waals surface area contributed by atoms with Crippen LogP contribution in [0.5, 0.6) is 0 Å². The summed E-state index contributed by atoms with van der Waals surface area (Å²) in [4.78, 5) is 29.7. The molecular weight excluding hydrogens is 248 g/mol. The predicted molar refractivity (Wildman–Crippen MR) is 66.0 cm³/mol. The number of amides is 2. The molecule has 4 N–H and O–H groups in total. The Balaban J connectivity index is 1.71. The summed E-state index contributed by atoms with van der Waals surface area (Å²) in [6.07, 6.45) is 3.57. The van der Waals surface area contributed by atoms with Gasteiger partial charge < -0.3 is 16.0 Å². The second kappa shape index (κ2) is 4.52. The van der Waals surface area contributed by atoms with Gasteiger partial charge in [-0.25, -0.2) is 0 Å². The Morgan fingerprint density at radius 1 is 1.37 bits per heavy atom. The van der Waals surface area contributed by atoms with E-state index >= 15 is 0 Å². The Labute approximate surface area is 109 Å². The molecule has 1 aliphatic heterocycles. The van der Waals surface area contributed by atoms with Gasteiger partial charge in [-0.3, -0.25) is 14.7 Å². The van der Waals surface area contributed by atoms with Crippen LogP contribution in [-0.2, 0) is 4.79 Å². The van der Waals surface area contributed by atoms with Crippen LogP contribution in [0.1, 0.15) is 36.3 Å². The number of rotatable bonds is 3. The number of aromatic nitrogens is 3. The molecule has 2 aliphatic rings. The van der Waals surface area contributed by atoms with Gasteiger partial charge in [0.1, 0.15) is 6.04 Å². The van der Waals surface area contributed by atoms with E-state index in [1.807, 2.05) is 0 Å². The minimum atomic E-state index is -0.403. The van der Waals surface area contributed by atoms with Crippen molar-refractivity contribution in [1.29, 1.82) is 0 Å². The molecule has 102 valence electrons. The summed E-state index contributed by atoms with van der Waals surface area (Å²) in [6.45, 7) is 0.558. The maximum atomic E-state index is 12.2. The number of hydrogen-bond donors (Lipinski definition) is 3. The zero-order chi connectivity index (χ0) is 13.4. The summed E-state index contributed by atoms with van der Waals surface area (Å²) in [5, 5.41) is 9.05. The number of H-pyrrole nitrogens is 1. The van der Waals surface area contributed by atoms with Crippen LogP contribution in [0.15, 0.2) is 0 Å². The summed E-state index contributed by atoms with van der Waals surface area (Å²) < 4.78 is 0. The van der Waals surface area contributed by atoms with E-state index in [0.717, 1.165) is 19.3 Å². The van der Waals surface area contributed by atoms with Crippen LogP contribution < -0.4 is 11.1 Å². The zero-order valence-corrected chi connectivity index (χ0v) is 10.4. The van der Waals surface area contributed by atoms with E-state index in [1.54, 1.807) is 0 Å². The van der Waals surface area contributed by atoms with Crippen molar-refractivity contribution in [2.75, 3.05) is 12.3 Å². The number of nitrogens with two attached hydrogens (primary N) is 1. The monoisotopic (exact) mass is 264 g/mol. The number of hydrogen-bond acceptors (Lipinski definition) is 5. The highest BCUT2D eigenvalue weighted by Crippen LogP contribution is 2.23. The summed E-state index contributed by atoms with van der Waals surface area (Å²) in [5.74, 6) is -0.274. The van der Waals surface area contributed by atoms with Gasteiger partial charge in [0.25, 0.3) is 5.91 Å². The van der Waals surface area contributed by atoms with Crippen molar-refractivity contribution >= 4 is 17.8 Å². The molecule has 2 fully saturated rings. The third-order valence-electron chi connectivity index (χ3n) is 3.45. The SMILES string of the molecule is Nc1n[nH]c(C(=O)N2CCCC2C(=O)NC2CC2)n1. The maximum Gasteiger partial charge on any atom is 0.291 e. The topological polar surface area (TPSA) is 117 Å². The number of carbonyl (C=O) groups excluding carboxylic acids is 2. The van der Waals surface area contributed by atoms with Gasteiger partial charge in [-0.05, 0) is 25.7 Å². The Morgan fingerprint density at radius 2 is 2.16 bits per heavy atom. The van der Waals surface area contributed by atoms with Crippen LogP contribution in [0.4, 0.5) is 5.95 Å². The highest BCUT2D eigenvalue weighted by molar-refractivity contribution is 5.95. The fraction of sp³-hybridized carbons (Fsp3) is 0.636. The van der Waals surface area contributed by atoms with Crippen molar-refractivity contribution in [3.63, 3.8) is 0 Å². The molecule has 0 aromatic carbocycles. The highest BCUT2D eigenvalue weighted by atomic mass is 16.2. The van der Waals surface area contributed by atoms with Crippen molar-refractivity contribution in [3.05, 3.63) is 5.82 Å². The zero-order valence-electron chi connectivity index (χ0n) is 10.4. The number of aromatic amines is 1.